The second-order valence-electron chi connectivity index (χ2n) is 10.2. The monoisotopic (exact) mass is 568 g/mol. The van der Waals surface area contributed by atoms with E-state index in [1.54, 1.807) is 26.3 Å². The van der Waals surface area contributed by atoms with Crippen molar-refractivity contribution in [3.05, 3.63) is 59.7 Å². The number of aromatic nitrogens is 6. The fourth-order valence-corrected chi connectivity index (χ4v) is 5.12. The lowest BCUT2D eigenvalue weighted by Gasteiger charge is -2.36. The Bertz CT molecular complexity index is 1600. The van der Waals surface area contributed by atoms with Gasteiger partial charge in [-0.15, -0.1) is 0 Å². The van der Waals surface area contributed by atoms with Crippen molar-refractivity contribution in [1.82, 2.24) is 29.5 Å². The van der Waals surface area contributed by atoms with E-state index < -0.39 is 17.7 Å². The van der Waals surface area contributed by atoms with Crippen LogP contribution < -0.4 is 14.5 Å². The Balaban J connectivity index is 1.33. The van der Waals surface area contributed by atoms with Crippen molar-refractivity contribution in [3.8, 4) is 28.7 Å². The van der Waals surface area contributed by atoms with Crippen LogP contribution in [0.25, 0.3) is 22.8 Å². The molecule has 1 aliphatic carbocycles. The van der Waals surface area contributed by atoms with E-state index in [2.05, 4.69) is 24.8 Å². The molecule has 0 saturated heterocycles. The van der Waals surface area contributed by atoms with Gasteiger partial charge in [0.2, 0.25) is 5.88 Å². The van der Waals surface area contributed by atoms with E-state index in [9.17, 15) is 13.2 Å². The maximum absolute atomic E-state index is 15.4. The van der Waals surface area contributed by atoms with E-state index in [1.165, 1.54) is 23.0 Å². The maximum atomic E-state index is 15.4. The van der Waals surface area contributed by atoms with Crippen LogP contribution in [0.3, 0.4) is 0 Å². The molecule has 1 fully saturated rings. The third-order valence-electron chi connectivity index (χ3n) is 7.44. The number of nitrogens with zero attached hydrogens (tertiary/aromatic N) is 8. The van der Waals surface area contributed by atoms with Crippen molar-refractivity contribution < 1.29 is 22.3 Å². The summed E-state index contributed by atoms with van der Waals surface area (Å²) >= 11 is 0. The average molecular weight is 569 g/mol. The Kier molecular flexibility index (Phi) is 6.74. The third-order valence-corrected chi connectivity index (χ3v) is 7.44. The van der Waals surface area contributed by atoms with Gasteiger partial charge in [0, 0.05) is 45.3 Å². The summed E-state index contributed by atoms with van der Waals surface area (Å²) in [5.74, 6) is 1.16. The first-order chi connectivity index (χ1) is 19.7. The molecule has 214 valence electrons. The molecule has 0 atom stereocenters. The number of rotatable bonds is 7. The standard InChI is InChI=1S/C28H28F4N8O/c1-4-39-14-21(28(30,31)32)36-25(39)18-8-5-16(11-19(18)29)13-40-10-9-38(2)20-12-33-24(37-26(20)40)22-23(17-6-7-17)34-15-35-27(22)41-3/h5,8,11-12,14-15,17H,4,6-7,9-10,13H2,1-3H3. The predicted octanol–water partition coefficient (Wildman–Crippen LogP) is 5.32. The second kappa shape index (κ2) is 10.3. The minimum absolute atomic E-state index is 0.0123. The molecule has 4 aromatic rings. The number of likely N-dealkylation sites (N-methyl/N-ethyl adjacent to an activating group) is 1. The van der Waals surface area contributed by atoms with Gasteiger partial charge in [0.25, 0.3) is 0 Å². The van der Waals surface area contributed by atoms with Crippen LogP contribution in [0.1, 0.15) is 42.6 Å². The van der Waals surface area contributed by atoms with Crippen LogP contribution >= 0.6 is 0 Å². The van der Waals surface area contributed by atoms with Gasteiger partial charge in [0.15, 0.2) is 17.3 Å². The van der Waals surface area contributed by atoms with Gasteiger partial charge in [-0.3, -0.25) is 0 Å². The van der Waals surface area contributed by atoms with Gasteiger partial charge in [-0.2, -0.15) is 13.2 Å². The van der Waals surface area contributed by atoms with Crippen LogP contribution in [-0.2, 0) is 19.3 Å². The lowest BCUT2D eigenvalue weighted by molar-refractivity contribution is -0.140. The number of hydrogen-bond acceptors (Lipinski definition) is 8. The maximum Gasteiger partial charge on any atom is 0.434 e. The van der Waals surface area contributed by atoms with Crippen LogP contribution in [0.4, 0.5) is 29.1 Å². The molecule has 6 rings (SSSR count). The Morgan fingerprint density at radius 2 is 1.88 bits per heavy atom. The molecule has 0 bridgehead atoms. The lowest BCUT2D eigenvalue weighted by atomic mass is 10.1. The quantitative estimate of drug-likeness (QED) is 0.277. The summed E-state index contributed by atoms with van der Waals surface area (Å²) in [4.78, 5) is 26.1. The zero-order chi connectivity index (χ0) is 28.9. The van der Waals surface area contributed by atoms with Crippen LogP contribution in [0, 0.1) is 5.82 Å². The third kappa shape index (κ3) is 5.04. The number of ether oxygens (including phenoxy) is 1. The molecular weight excluding hydrogens is 540 g/mol. The highest BCUT2D eigenvalue weighted by molar-refractivity contribution is 5.74. The van der Waals surface area contributed by atoms with Crippen LogP contribution in [-0.4, -0.2) is 56.7 Å². The Morgan fingerprint density at radius 1 is 1.07 bits per heavy atom. The smallest absolute Gasteiger partial charge is 0.434 e. The van der Waals surface area contributed by atoms with E-state index in [-0.39, 0.29) is 17.9 Å². The molecule has 13 heteroatoms. The first-order valence-electron chi connectivity index (χ1n) is 13.3. The number of imidazole rings is 1. The normalized spacial score (nSPS) is 15.3. The summed E-state index contributed by atoms with van der Waals surface area (Å²) in [7, 11) is 3.51. The minimum atomic E-state index is -4.61. The largest absolute Gasteiger partial charge is 0.480 e. The Hall–Kier alpha value is -4.29. The SMILES string of the molecule is CCn1cc(C(F)(F)F)nc1-c1ccc(CN2CCN(C)c3cnc(-c4c(OC)ncnc4C4CC4)nc32)cc1F. The molecule has 9 nitrogen and oxygen atoms in total. The molecule has 0 N–H and O–H groups in total. The number of anilines is 2. The van der Waals surface area contributed by atoms with Crippen molar-refractivity contribution in [2.75, 3.05) is 37.0 Å². The van der Waals surface area contributed by atoms with E-state index in [1.807, 2.05) is 11.9 Å². The molecule has 0 radical (unpaired) electrons. The van der Waals surface area contributed by atoms with Gasteiger partial charge < -0.3 is 19.1 Å². The van der Waals surface area contributed by atoms with E-state index in [0.29, 0.717) is 54.2 Å². The molecule has 3 aromatic heterocycles. The summed E-state index contributed by atoms with van der Waals surface area (Å²) in [6.07, 6.45) is 1.61. The molecule has 4 heterocycles. The first kappa shape index (κ1) is 26.9. The molecule has 0 amide bonds. The lowest BCUT2D eigenvalue weighted by Crippen LogP contribution is -2.39. The molecular formula is C28H28F4N8O. The van der Waals surface area contributed by atoms with Gasteiger partial charge in [-0.1, -0.05) is 6.07 Å². The van der Waals surface area contributed by atoms with E-state index in [0.717, 1.165) is 30.4 Å². The van der Waals surface area contributed by atoms with Gasteiger partial charge in [-0.05, 0) is 37.5 Å². The van der Waals surface area contributed by atoms with Crippen molar-refractivity contribution in [2.45, 2.75) is 44.9 Å². The number of alkyl halides is 3. The fourth-order valence-electron chi connectivity index (χ4n) is 5.12. The molecule has 1 aromatic carbocycles. The predicted molar refractivity (Wildman–Crippen MR) is 144 cm³/mol. The molecule has 2 aliphatic rings. The van der Waals surface area contributed by atoms with E-state index >= 15 is 4.39 Å². The van der Waals surface area contributed by atoms with Crippen molar-refractivity contribution >= 4 is 11.5 Å². The van der Waals surface area contributed by atoms with Crippen molar-refractivity contribution in [2.24, 2.45) is 0 Å². The fraction of sp³-hybridized carbons (Fsp3) is 0.393. The highest BCUT2D eigenvalue weighted by Crippen LogP contribution is 2.45. The molecule has 1 saturated carbocycles. The van der Waals surface area contributed by atoms with Crippen LogP contribution in [0.5, 0.6) is 5.88 Å². The van der Waals surface area contributed by atoms with Crippen molar-refractivity contribution in [1.29, 1.82) is 0 Å². The summed E-state index contributed by atoms with van der Waals surface area (Å²) in [6.45, 7) is 3.57. The number of benzene rings is 1. The molecule has 1 aliphatic heterocycles. The zero-order valence-electron chi connectivity index (χ0n) is 22.8. The second-order valence-corrected chi connectivity index (χ2v) is 10.2. The number of methoxy groups -OCH3 is 1. The molecule has 0 unspecified atom stereocenters. The Labute approximate surface area is 233 Å². The van der Waals surface area contributed by atoms with Crippen LogP contribution in [0.2, 0.25) is 0 Å². The van der Waals surface area contributed by atoms with Gasteiger partial charge in [-0.25, -0.2) is 29.3 Å². The van der Waals surface area contributed by atoms with Crippen LogP contribution in [0.15, 0.2) is 36.9 Å². The highest BCUT2D eigenvalue weighted by Gasteiger charge is 2.35. The topological polar surface area (TPSA) is 85.1 Å². The summed E-state index contributed by atoms with van der Waals surface area (Å²) in [5, 5.41) is 0. The Morgan fingerprint density at radius 3 is 2.56 bits per heavy atom. The first-order valence-corrected chi connectivity index (χ1v) is 13.3. The molecule has 0 spiro atoms. The summed E-state index contributed by atoms with van der Waals surface area (Å²) < 4.78 is 61.9. The zero-order valence-corrected chi connectivity index (χ0v) is 22.8. The highest BCUT2D eigenvalue weighted by atomic mass is 19.4. The number of hydrogen-bond donors (Lipinski definition) is 0. The van der Waals surface area contributed by atoms with Gasteiger partial charge >= 0.3 is 6.18 Å². The van der Waals surface area contributed by atoms with Gasteiger partial charge in [0.05, 0.1) is 30.3 Å². The number of halogens is 4. The van der Waals surface area contributed by atoms with Gasteiger partial charge in [0.1, 0.15) is 23.5 Å². The summed E-state index contributed by atoms with van der Waals surface area (Å²) in [5.41, 5.74) is 1.97. The van der Waals surface area contributed by atoms with E-state index in [4.69, 9.17) is 9.72 Å². The number of aryl methyl sites for hydroxylation is 1. The van der Waals surface area contributed by atoms with Crippen molar-refractivity contribution in [3.63, 3.8) is 0 Å². The molecule has 41 heavy (non-hydrogen) atoms. The minimum Gasteiger partial charge on any atom is -0.480 e. The average Bonchev–Trinajstić information content (AvgIpc) is 3.71. The number of fused-ring (bicyclic) bond motifs is 1. The summed E-state index contributed by atoms with van der Waals surface area (Å²) in [6, 6.07) is 4.53.